The lowest BCUT2D eigenvalue weighted by Crippen LogP contribution is -2.38. The maximum Gasteiger partial charge on any atom is 0.255 e. The number of carbonyl (C=O) groups excluding carboxylic acids is 1. The summed E-state index contributed by atoms with van der Waals surface area (Å²) < 4.78 is 25.0. The van der Waals surface area contributed by atoms with E-state index in [-0.39, 0.29) is 13.1 Å². The van der Waals surface area contributed by atoms with Crippen molar-refractivity contribution in [3.05, 3.63) is 48.0 Å². The van der Waals surface area contributed by atoms with Crippen LogP contribution in [-0.4, -0.2) is 36.9 Å². The normalized spacial score (nSPS) is 11.0. The van der Waals surface area contributed by atoms with Crippen LogP contribution >= 0.6 is 0 Å². The van der Waals surface area contributed by atoms with Gasteiger partial charge in [-0.25, -0.2) is 8.78 Å². The summed E-state index contributed by atoms with van der Waals surface area (Å²) in [6, 6.07) is 12.8. The van der Waals surface area contributed by atoms with Gasteiger partial charge in [0.1, 0.15) is 0 Å². The fraction of sp³-hybridized carbons (Fsp3) is 0.267. The number of amides is 1. The van der Waals surface area contributed by atoms with Gasteiger partial charge in [0.15, 0.2) is 0 Å². The Morgan fingerprint density at radius 3 is 2.50 bits per heavy atom. The van der Waals surface area contributed by atoms with Gasteiger partial charge in [-0.05, 0) is 22.9 Å². The van der Waals surface area contributed by atoms with E-state index in [1.54, 1.807) is 12.1 Å². The van der Waals surface area contributed by atoms with E-state index in [4.69, 9.17) is 5.73 Å². The van der Waals surface area contributed by atoms with Gasteiger partial charge in [-0.1, -0.05) is 30.3 Å². The van der Waals surface area contributed by atoms with Crippen molar-refractivity contribution < 1.29 is 13.6 Å². The molecule has 0 saturated carbocycles. The van der Waals surface area contributed by atoms with Gasteiger partial charge in [0, 0.05) is 18.7 Å². The Hall–Kier alpha value is -2.01. The van der Waals surface area contributed by atoms with Crippen LogP contribution in [0.15, 0.2) is 42.5 Å². The van der Waals surface area contributed by atoms with Crippen LogP contribution in [0.2, 0.25) is 0 Å². The van der Waals surface area contributed by atoms with E-state index in [0.29, 0.717) is 5.56 Å². The molecule has 0 saturated heterocycles. The molecule has 0 aliphatic heterocycles. The van der Waals surface area contributed by atoms with Crippen molar-refractivity contribution in [2.45, 2.75) is 6.43 Å². The fourth-order valence-electron chi connectivity index (χ4n) is 2.10. The third kappa shape index (κ3) is 3.30. The molecule has 0 aliphatic carbocycles. The van der Waals surface area contributed by atoms with E-state index in [2.05, 4.69) is 0 Å². The third-order valence-electron chi connectivity index (χ3n) is 3.04. The van der Waals surface area contributed by atoms with Crippen LogP contribution in [-0.2, 0) is 0 Å². The molecule has 1 amide bonds. The standard InChI is InChI=1S/C15H16F2N2O/c16-14(17)10-19(8-7-18)15(20)13-6-5-11-3-1-2-4-12(11)9-13/h1-6,9,14H,7-8,10,18H2. The lowest BCUT2D eigenvalue weighted by molar-refractivity contribution is 0.0563. The summed E-state index contributed by atoms with van der Waals surface area (Å²) in [7, 11) is 0. The second-order valence-corrected chi connectivity index (χ2v) is 4.49. The van der Waals surface area contributed by atoms with Gasteiger partial charge in [0.2, 0.25) is 0 Å². The van der Waals surface area contributed by atoms with Crippen molar-refractivity contribution in [2.24, 2.45) is 5.73 Å². The van der Waals surface area contributed by atoms with Crippen LogP contribution in [0.3, 0.4) is 0 Å². The average Bonchev–Trinajstić information content (AvgIpc) is 2.45. The van der Waals surface area contributed by atoms with Crippen LogP contribution in [0.5, 0.6) is 0 Å². The van der Waals surface area contributed by atoms with Crippen molar-refractivity contribution in [1.82, 2.24) is 4.90 Å². The van der Waals surface area contributed by atoms with E-state index in [9.17, 15) is 13.6 Å². The van der Waals surface area contributed by atoms with Crippen molar-refractivity contribution in [3.8, 4) is 0 Å². The topological polar surface area (TPSA) is 46.3 Å². The first kappa shape index (κ1) is 14.4. The van der Waals surface area contributed by atoms with Crippen molar-refractivity contribution in [2.75, 3.05) is 19.6 Å². The minimum Gasteiger partial charge on any atom is -0.332 e. The quantitative estimate of drug-likeness (QED) is 0.913. The fourth-order valence-corrected chi connectivity index (χ4v) is 2.10. The molecule has 0 heterocycles. The van der Waals surface area contributed by atoms with Gasteiger partial charge in [0.25, 0.3) is 12.3 Å². The Labute approximate surface area is 116 Å². The summed E-state index contributed by atoms with van der Waals surface area (Å²) >= 11 is 0. The highest BCUT2D eigenvalue weighted by Gasteiger charge is 2.19. The minimum absolute atomic E-state index is 0.121. The summed E-state index contributed by atoms with van der Waals surface area (Å²) in [6.45, 7) is -0.315. The number of nitrogens with two attached hydrogens (primary N) is 1. The zero-order valence-electron chi connectivity index (χ0n) is 10.9. The monoisotopic (exact) mass is 278 g/mol. The summed E-state index contributed by atoms with van der Waals surface area (Å²) in [5.74, 6) is -0.415. The first-order valence-corrected chi connectivity index (χ1v) is 6.38. The highest BCUT2D eigenvalue weighted by molar-refractivity contribution is 5.98. The number of nitrogens with zero attached hydrogens (tertiary/aromatic N) is 1. The molecule has 0 aliphatic rings. The van der Waals surface area contributed by atoms with E-state index >= 15 is 0 Å². The number of halogens is 2. The van der Waals surface area contributed by atoms with Crippen molar-refractivity contribution >= 4 is 16.7 Å². The van der Waals surface area contributed by atoms with Gasteiger partial charge in [-0.2, -0.15) is 0 Å². The zero-order chi connectivity index (χ0) is 14.5. The van der Waals surface area contributed by atoms with Crippen molar-refractivity contribution in [1.29, 1.82) is 0 Å². The Balaban J connectivity index is 2.28. The Morgan fingerprint density at radius 1 is 1.15 bits per heavy atom. The molecule has 0 aromatic heterocycles. The lowest BCUT2D eigenvalue weighted by Gasteiger charge is -2.21. The second kappa shape index (κ2) is 6.43. The predicted octanol–water partition coefficient (Wildman–Crippen LogP) is 2.51. The summed E-state index contributed by atoms with van der Waals surface area (Å²) in [6.07, 6.45) is -2.56. The SMILES string of the molecule is NCCN(CC(F)F)C(=O)c1ccc2ccccc2c1. The number of rotatable bonds is 5. The van der Waals surface area contributed by atoms with E-state index in [0.717, 1.165) is 15.7 Å². The van der Waals surface area contributed by atoms with Gasteiger partial charge < -0.3 is 10.6 Å². The van der Waals surface area contributed by atoms with Gasteiger partial charge in [-0.3, -0.25) is 4.79 Å². The molecule has 2 rings (SSSR count). The number of carbonyl (C=O) groups is 1. The molecule has 0 bridgehead atoms. The van der Waals surface area contributed by atoms with Gasteiger partial charge >= 0.3 is 0 Å². The van der Waals surface area contributed by atoms with Crippen LogP contribution in [0.25, 0.3) is 10.8 Å². The van der Waals surface area contributed by atoms with E-state index in [1.165, 1.54) is 0 Å². The molecular formula is C15H16F2N2O. The Morgan fingerprint density at radius 2 is 1.85 bits per heavy atom. The molecule has 5 heteroatoms. The largest absolute Gasteiger partial charge is 0.332 e. The second-order valence-electron chi connectivity index (χ2n) is 4.49. The molecule has 0 unspecified atom stereocenters. The molecule has 20 heavy (non-hydrogen) atoms. The number of hydrogen-bond acceptors (Lipinski definition) is 2. The first-order valence-electron chi connectivity index (χ1n) is 6.38. The van der Waals surface area contributed by atoms with Gasteiger partial charge in [-0.15, -0.1) is 0 Å². The number of hydrogen-bond donors (Lipinski definition) is 1. The molecule has 2 aromatic carbocycles. The predicted molar refractivity (Wildman–Crippen MR) is 74.9 cm³/mol. The Kier molecular flexibility index (Phi) is 4.63. The van der Waals surface area contributed by atoms with Crippen LogP contribution < -0.4 is 5.73 Å². The minimum atomic E-state index is -2.56. The number of fused-ring (bicyclic) bond motifs is 1. The lowest BCUT2D eigenvalue weighted by atomic mass is 10.1. The van der Waals surface area contributed by atoms with Gasteiger partial charge in [0.05, 0.1) is 6.54 Å². The molecule has 0 fully saturated rings. The molecule has 0 spiro atoms. The molecule has 0 radical (unpaired) electrons. The molecule has 0 atom stereocenters. The highest BCUT2D eigenvalue weighted by Crippen LogP contribution is 2.17. The number of alkyl halides is 2. The highest BCUT2D eigenvalue weighted by atomic mass is 19.3. The summed E-state index contributed by atoms with van der Waals surface area (Å²) in [5.41, 5.74) is 5.77. The summed E-state index contributed by atoms with van der Waals surface area (Å²) in [5, 5.41) is 1.91. The Bertz CT molecular complexity index is 601. The smallest absolute Gasteiger partial charge is 0.255 e. The molecule has 106 valence electrons. The zero-order valence-corrected chi connectivity index (χ0v) is 10.9. The van der Waals surface area contributed by atoms with E-state index < -0.39 is 18.9 Å². The van der Waals surface area contributed by atoms with Crippen LogP contribution in [0, 0.1) is 0 Å². The average molecular weight is 278 g/mol. The molecular weight excluding hydrogens is 262 g/mol. The third-order valence-corrected chi connectivity index (χ3v) is 3.04. The molecule has 2 aromatic rings. The number of benzene rings is 2. The first-order chi connectivity index (χ1) is 9.61. The maximum atomic E-state index is 12.5. The van der Waals surface area contributed by atoms with E-state index in [1.807, 2.05) is 30.3 Å². The summed E-state index contributed by atoms with van der Waals surface area (Å²) in [4.78, 5) is 13.3. The van der Waals surface area contributed by atoms with Crippen LogP contribution in [0.4, 0.5) is 8.78 Å². The maximum absolute atomic E-state index is 12.5. The van der Waals surface area contributed by atoms with Crippen molar-refractivity contribution in [3.63, 3.8) is 0 Å². The molecule has 2 N–H and O–H groups in total. The molecule has 3 nitrogen and oxygen atoms in total. The van der Waals surface area contributed by atoms with Crippen LogP contribution in [0.1, 0.15) is 10.4 Å².